The summed E-state index contributed by atoms with van der Waals surface area (Å²) < 4.78 is 0. The number of carbonyl (C=O) groups is 1. The summed E-state index contributed by atoms with van der Waals surface area (Å²) in [7, 11) is 0. The monoisotopic (exact) mass is 347 g/mol. The van der Waals surface area contributed by atoms with Crippen LogP contribution < -0.4 is 0 Å². The normalized spacial score (nSPS) is 27.7. The second kappa shape index (κ2) is 6.08. The van der Waals surface area contributed by atoms with Crippen LogP contribution in [0.2, 0.25) is 0 Å². The Balaban J connectivity index is 1.48. The van der Waals surface area contributed by atoms with Crippen LogP contribution in [-0.2, 0) is 4.84 Å². The van der Waals surface area contributed by atoms with Crippen LogP contribution in [0.3, 0.4) is 0 Å². The van der Waals surface area contributed by atoms with Gasteiger partial charge in [0.1, 0.15) is 0 Å². The highest BCUT2D eigenvalue weighted by Gasteiger charge is 2.60. The molecule has 2 aromatic carbocycles. The van der Waals surface area contributed by atoms with Crippen LogP contribution in [0.4, 0.5) is 0 Å². The molecule has 2 unspecified atom stereocenters. The molecule has 2 bridgehead atoms. The average molecular weight is 347 g/mol. The van der Waals surface area contributed by atoms with Crippen LogP contribution in [0.15, 0.2) is 59.8 Å². The lowest BCUT2D eigenvalue weighted by Gasteiger charge is -2.34. The van der Waals surface area contributed by atoms with Crippen LogP contribution in [0.1, 0.15) is 50.4 Å². The van der Waals surface area contributed by atoms with Gasteiger partial charge in [-0.3, -0.25) is 0 Å². The van der Waals surface area contributed by atoms with Crippen molar-refractivity contribution in [1.29, 1.82) is 0 Å². The Hall–Kier alpha value is -2.42. The predicted molar refractivity (Wildman–Crippen MR) is 104 cm³/mol. The highest BCUT2D eigenvalue weighted by Crippen LogP contribution is 2.64. The first-order valence-corrected chi connectivity index (χ1v) is 9.36. The Morgan fingerprint density at radius 1 is 1.00 bits per heavy atom. The van der Waals surface area contributed by atoms with Crippen molar-refractivity contribution in [3.05, 3.63) is 60.2 Å². The summed E-state index contributed by atoms with van der Waals surface area (Å²) >= 11 is 0. The molecular weight excluding hydrogens is 322 g/mol. The van der Waals surface area contributed by atoms with E-state index in [1.165, 1.54) is 6.42 Å². The molecule has 2 aliphatic rings. The maximum Gasteiger partial charge on any atom is 0.365 e. The number of nitrogens with zero attached hydrogens (tertiary/aromatic N) is 1. The van der Waals surface area contributed by atoms with E-state index in [0.29, 0.717) is 11.5 Å². The lowest BCUT2D eigenvalue weighted by atomic mass is 9.70. The second-order valence-electron chi connectivity index (χ2n) is 8.35. The molecule has 2 aromatic rings. The van der Waals surface area contributed by atoms with Gasteiger partial charge in [0.15, 0.2) is 0 Å². The molecule has 134 valence electrons. The third-order valence-electron chi connectivity index (χ3n) is 6.98. The smallest absolute Gasteiger partial charge is 0.313 e. The first-order valence-electron chi connectivity index (χ1n) is 9.36. The molecule has 0 amide bonds. The third-order valence-corrected chi connectivity index (χ3v) is 6.98. The molecule has 3 heteroatoms. The SMILES string of the molecule is CC12CCC(C/C1=N\OC(=O)c1ccc(-c3ccccc3)cc1)C2(C)C. The van der Waals surface area contributed by atoms with Crippen molar-refractivity contribution in [2.45, 2.75) is 40.0 Å². The van der Waals surface area contributed by atoms with Crippen LogP contribution >= 0.6 is 0 Å². The Morgan fingerprint density at radius 3 is 2.23 bits per heavy atom. The quantitative estimate of drug-likeness (QED) is 0.527. The minimum atomic E-state index is -0.388. The maximum absolute atomic E-state index is 12.4. The van der Waals surface area contributed by atoms with Gasteiger partial charge in [-0.05, 0) is 53.9 Å². The number of rotatable bonds is 3. The minimum Gasteiger partial charge on any atom is -0.313 e. The van der Waals surface area contributed by atoms with Crippen molar-refractivity contribution in [3.63, 3.8) is 0 Å². The summed E-state index contributed by atoms with van der Waals surface area (Å²) in [5.41, 5.74) is 4.07. The lowest BCUT2D eigenvalue weighted by Crippen LogP contribution is -2.32. The van der Waals surface area contributed by atoms with E-state index in [9.17, 15) is 4.79 Å². The molecule has 0 radical (unpaired) electrons. The van der Waals surface area contributed by atoms with Gasteiger partial charge in [-0.2, -0.15) is 0 Å². The van der Waals surface area contributed by atoms with Crippen molar-refractivity contribution >= 4 is 11.7 Å². The molecule has 2 atom stereocenters. The summed E-state index contributed by atoms with van der Waals surface area (Å²) in [6.45, 7) is 6.90. The summed E-state index contributed by atoms with van der Waals surface area (Å²) in [4.78, 5) is 17.7. The zero-order valence-corrected chi connectivity index (χ0v) is 15.7. The number of hydrogen-bond donors (Lipinski definition) is 0. The zero-order chi connectivity index (χ0) is 18.4. The number of oxime groups is 1. The van der Waals surface area contributed by atoms with Crippen LogP contribution in [0.25, 0.3) is 11.1 Å². The predicted octanol–water partition coefficient (Wildman–Crippen LogP) is 5.71. The molecule has 26 heavy (non-hydrogen) atoms. The highest BCUT2D eigenvalue weighted by molar-refractivity contribution is 5.95. The van der Waals surface area contributed by atoms with E-state index in [0.717, 1.165) is 29.7 Å². The Labute approximate surface area is 155 Å². The van der Waals surface area contributed by atoms with E-state index < -0.39 is 0 Å². The van der Waals surface area contributed by atoms with Gasteiger partial charge in [0, 0.05) is 5.41 Å². The number of fused-ring (bicyclic) bond motifs is 2. The van der Waals surface area contributed by atoms with E-state index >= 15 is 0 Å². The minimum absolute atomic E-state index is 0.0507. The molecule has 3 nitrogen and oxygen atoms in total. The van der Waals surface area contributed by atoms with Crippen molar-refractivity contribution in [2.24, 2.45) is 21.9 Å². The number of carbonyl (C=O) groups excluding carboxylic acids is 1. The van der Waals surface area contributed by atoms with Gasteiger partial charge in [-0.15, -0.1) is 0 Å². The van der Waals surface area contributed by atoms with Crippen LogP contribution in [-0.4, -0.2) is 11.7 Å². The van der Waals surface area contributed by atoms with Gasteiger partial charge < -0.3 is 4.84 Å². The van der Waals surface area contributed by atoms with Crippen molar-refractivity contribution in [3.8, 4) is 11.1 Å². The van der Waals surface area contributed by atoms with Gasteiger partial charge in [0.2, 0.25) is 0 Å². The lowest BCUT2D eigenvalue weighted by molar-refractivity contribution is 0.0508. The standard InChI is InChI=1S/C23H25NO2/c1-22(2)19-13-14-23(22,3)20(15-19)24-26-21(25)18-11-9-17(10-12-18)16-7-5-4-6-8-16/h4-12,19H,13-15H2,1-3H3/b24-20+. The summed E-state index contributed by atoms with van der Waals surface area (Å²) in [5.74, 6) is 0.261. The molecule has 0 N–H and O–H groups in total. The van der Waals surface area contributed by atoms with E-state index in [2.05, 4.69) is 38.1 Å². The van der Waals surface area contributed by atoms with E-state index in [1.54, 1.807) is 12.1 Å². The average Bonchev–Trinajstić information content (AvgIpc) is 3.00. The van der Waals surface area contributed by atoms with Crippen molar-refractivity contribution < 1.29 is 9.63 Å². The molecule has 0 aromatic heterocycles. The fraction of sp³-hybridized carbons (Fsp3) is 0.391. The van der Waals surface area contributed by atoms with Gasteiger partial charge in [-0.25, -0.2) is 4.79 Å². The third kappa shape index (κ3) is 2.57. The molecule has 0 aliphatic heterocycles. The first-order chi connectivity index (χ1) is 12.4. The van der Waals surface area contributed by atoms with Gasteiger partial charge in [0.25, 0.3) is 0 Å². The maximum atomic E-state index is 12.4. The van der Waals surface area contributed by atoms with Crippen LogP contribution in [0.5, 0.6) is 0 Å². The number of benzene rings is 2. The van der Waals surface area contributed by atoms with Crippen molar-refractivity contribution in [2.75, 3.05) is 0 Å². The Morgan fingerprint density at radius 2 is 1.65 bits per heavy atom. The van der Waals surface area contributed by atoms with Crippen molar-refractivity contribution in [1.82, 2.24) is 0 Å². The molecule has 0 spiro atoms. The topological polar surface area (TPSA) is 38.7 Å². The molecule has 4 rings (SSSR count). The first kappa shape index (κ1) is 17.0. The second-order valence-corrected chi connectivity index (χ2v) is 8.35. The molecule has 0 saturated heterocycles. The fourth-order valence-corrected chi connectivity index (χ4v) is 4.65. The summed E-state index contributed by atoms with van der Waals surface area (Å²) in [5, 5.41) is 4.30. The molecule has 2 saturated carbocycles. The summed E-state index contributed by atoms with van der Waals surface area (Å²) in [6, 6.07) is 17.6. The van der Waals surface area contributed by atoms with Gasteiger partial charge in [0.05, 0.1) is 11.3 Å². The Bertz CT molecular complexity index is 852. The molecule has 0 heterocycles. The fourth-order valence-electron chi connectivity index (χ4n) is 4.65. The Kier molecular flexibility index (Phi) is 3.98. The molecule has 2 aliphatic carbocycles. The van der Waals surface area contributed by atoms with E-state index in [1.807, 2.05) is 30.3 Å². The van der Waals surface area contributed by atoms with Crippen LogP contribution in [0, 0.1) is 16.7 Å². The zero-order valence-electron chi connectivity index (χ0n) is 15.7. The summed E-state index contributed by atoms with van der Waals surface area (Å²) in [6.07, 6.45) is 3.33. The largest absolute Gasteiger partial charge is 0.365 e. The van der Waals surface area contributed by atoms with E-state index in [-0.39, 0.29) is 16.8 Å². The van der Waals surface area contributed by atoms with Gasteiger partial charge in [-0.1, -0.05) is 68.4 Å². The molecular formula is C23H25NO2. The highest BCUT2D eigenvalue weighted by atomic mass is 16.7. The van der Waals surface area contributed by atoms with Gasteiger partial charge >= 0.3 is 5.97 Å². The van der Waals surface area contributed by atoms with E-state index in [4.69, 9.17) is 4.84 Å². The number of hydrogen-bond acceptors (Lipinski definition) is 3. The molecule has 2 fully saturated rings.